The molecule has 1 amide bonds. The first kappa shape index (κ1) is 23.0. The molecule has 0 unspecified atom stereocenters. The van der Waals surface area contributed by atoms with E-state index in [-0.39, 0.29) is 23.2 Å². The second-order valence-corrected chi connectivity index (χ2v) is 8.72. The van der Waals surface area contributed by atoms with Gasteiger partial charge in [0.2, 0.25) is 11.0 Å². The summed E-state index contributed by atoms with van der Waals surface area (Å²) in [5, 5.41) is 11.9. The summed E-state index contributed by atoms with van der Waals surface area (Å²) in [7, 11) is 1.41. The number of nitrogens with zero attached hydrogens (tertiary/aromatic N) is 3. The van der Waals surface area contributed by atoms with Crippen molar-refractivity contribution in [3.63, 3.8) is 0 Å². The van der Waals surface area contributed by atoms with Crippen molar-refractivity contribution in [1.82, 2.24) is 15.1 Å². The van der Waals surface area contributed by atoms with Gasteiger partial charge in [-0.15, -0.1) is 10.2 Å². The van der Waals surface area contributed by atoms with Crippen LogP contribution in [0.1, 0.15) is 18.1 Å². The average molecular weight is 465 g/mol. The van der Waals surface area contributed by atoms with Crippen molar-refractivity contribution >= 4 is 34.1 Å². The summed E-state index contributed by atoms with van der Waals surface area (Å²) in [6.07, 6.45) is 0. The van der Waals surface area contributed by atoms with Gasteiger partial charge in [0.05, 0.1) is 12.9 Å². The molecule has 0 spiro atoms. The van der Waals surface area contributed by atoms with Gasteiger partial charge < -0.3 is 15.0 Å². The zero-order valence-electron chi connectivity index (χ0n) is 17.1. The topological polar surface area (TPSA) is 67.3 Å². The molecule has 0 aliphatic carbocycles. The molecule has 0 saturated carbocycles. The van der Waals surface area contributed by atoms with Crippen LogP contribution in [0, 0.1) is 11.6 Å². The highest BCUT2D eigenvalue weighted by Gasteiger charge is 2.15. The van der Waals surface area contributed by atoms with Crippen molar-refractivity contribution in [3.8, 4) is 5.75 Å². The Morgan fingerprint density at radius 1 is 1.16 bits per heavy atom. The quantitative estimate of drug-likeness (QED) is 0.443. The Kier molecular flexibility index (Phi) is 8.19. The molecule has 0 aliphatic rings. The maximum absolute atomic E-state index is 13.9. The van der Waals surface area contributed by atoms with E-state index in [0.29, 0.717) is 34.7 Å². The third-order valence-corrected chi connectivity index (χ3v) is 6.41. The summed E-state index contributed by atoms with van der Waals surface area (Å²) in [6, 6.07) is 10.9. The second kappa shape index (κ2) is 11.1. The van der Waals surface area contributed by atoms with Crippen molar-refractivity contribution in [1.29, 1.82) is 0 Å². The highest BCUT2D eigenvalue weighted by molar-refractivity contribution is 8.01. The number of rotatable bonds is 10. The van der Waals surface area contributed by atoms with Crippen molar-refractivity contribution < 1.29 is 18.3 Å². The molecule has 10 heteroatoms. The molecule has 1 heterocycles. The van der Waals surface area contributed by atoms with Crippen LogP contribution in [0.25, 0.3) is 0 Å². The maximum atomic E-state index is 13.9. The Morgan fingerprint density at radius 2 is 1.90 bits per heavy atom. The van der Waals surface area contributed by atoms with Crippen LogP contribution in [0.15, 0.2) is 46.8 Å². The fourth-order valence-corrected chi connectivity index (χ4v) is 4.39. The van der Waals surface area contributed by atoms with Crippen LogP contribution in [0.5, 0.6) is 5.75 Å². The van der Waals surface area contributed by atoms with Crippen LogP contribution in [-0.2, 0) is 17.9 Å². The lowest BCUT2D eigenvalue weighted by Gasteiger charge is -2.21. The number of aromatic nitrogens is 2. The van der Waals surface area contributed by atoms with E-state index in [1.807, 2.05) is 6.92 Å². The molecule has 0 fully saturated rings. The zero-order valence-corrected chi connectivity index (χ0v) is 18.7. The van der Waals surface area contributed by atoms with Crippen LogP contribution in [0.4, 0.5) is 13.9 Å². The largest absolute Gasteiger partial charge is 0.494 e. The number of anilines is 1. The molecule has 0 aliphatic heterocycles. The number of methoxy groups -OCH3 is 1. The molecule has 164 valence electrons. The molecule has 0 radical (unpaired) electrons. The molecule has 0 atom stereocenters. The number of hydrogen-bond acceptors (Lipinski definition) is 7. The normalized spacial score (nSPS) is 10.7. The molecule has 3 rings (SSSR count). The average Bonchev–Trinajstić information content (AvgIpc) is 3.23. The van der Waals surface area contributed by atoms with E-state index in [9.17, 15) is 13.6 Å². The number of amides is 1. The number of halogens is 2. The monoisotopic (exact) mass is 464 g/mol. The first-order valence-electron chi connectivity index (χ1n) is 9.53. The molecule has 0 saturated heterocycles. The predicted molar refractivity (Wildman–Crippen MR) is 118 cm³/mol. The third-order valence-electron chi connectivity index (χ3n) is 4.41. The summed E-state index contributed by atoms with van der Waals surface area (Å²) in [4.78, 5) is 14.3. The van der Waals surface area contributed by atoms with E-state index in [1.165, 1.54) is 48.4 Å². The van der Waals surface area contributed by atoms with Crippen LogP contribution < -0.4 is 10.1 Å². The van der Waals surface area contributed by atoms with Gasteiger partial charge in [-0.05, 0) is 42.3 Å². The molecular formula is C21H22F2N4O2S2. The standard InChI is InChI=1S/C21H22F2N4O2S2/c1-3-27(12-15-6-9-18(29-2)17(23)10-15)19(28)13-30-21-26-25-20(31-21)24-11-14-4-7-16(22)8-5-14/h4-10H,3,11-13H2,1-2H3,(H,24,25). The molecule has 6 nitrogen and oxygen atoms in total. The van der Waals surface area contributed by atoms with Crippen LogP contribution >= 0.6 is 23.1 Å². The first-order valence-corrected chi connectivity index (χ1v) is 11.3. The third kappa shape index (κ3) is 6.63. The first-order chi connectivity index (χ1) is 15.0. The van der Waals surface area contributed by atoms with Gasteiger partial charge in [-0.3, -0.25) is 4.79 Å². The van der Waals surface area contributed by atoms with E-state index in [1.54, 1.807) is 29.2 Å². The molecular weight excluding hydrogens is 442 g/mol. The highest BCUT2D eigenvalue weighted by atomic mass is 32.2. The molecule has 3 aromatic rings. The summed E-state index contributed by atoms with van der Waals surface area (Å²) < 4.78 is 32.5. The Bertz CT molecular complexity index is 1010. The van der Waals surface area contributed by atoms with Crippen molar-refractivity contribution in [2.45, 2.75) is 24.4 Å². The second-order valence-electron chi connectivity index (χ2n) is 6.52. The fourth-order valence-electron chi connectivity index (χ4n) is 2.74. The van der Waals surface area contributed by atoms with Crippen molar-refractivity contribution in [3.05, 3.63) is 65.2 Å². The number of ether oxygens (including phenoxy) is 1. The highest BCUT2D eigenvalue weighted by Crippen LogP contribution is 2.26. The Morgan fingerprint density at radius 3 is 2.58 bits per heavy atom. The molecule has 0 bridgehead atoms. The summed E-state index contributed by atoms with van der Waals surface area (Å²) in [5.41, 5.74) is 1.62. The minimum Gasteiger partial charge on any atom is -0.494 e. The minimum absolute atomic E-state index is 0.0697. The van der Waals surface area contributed by atoms with Gasteiger partial charge >= 0.3 is 0 Å². The van der Waals surface area contributed by atoms with E-state index in [2.05, 4.69) is 15.5 Å². The number of nitrogens with one attached hydrogen (secondary N) is 1. The van der Waals surface area contributed by atoms with Gasteiger partial charge in [0, 0.05) is 19.6 Å². The number of carbonyl (C=O) groups is 1. The van der Waals surface area contributed by atoms with Gasteiger partial charge in [-0.2, -0.15) is 0 Å². The van der Waals surface area contributed by atoms with E-state index < -0.39 is 5.82 Å². The van der Waals surface area contributed by atoms with Gasteiger partial charge in [0.25, 0.3) is 0 Å². The summed E-state index contributed by atoms with van der Waals surface area (Å²) >= 11 is 2.65. The van der Waals surface area contributed by atoms with Gasteiger partial charge in [0.15, 0.2) is 15.9 Å². The SMILES string of the molecule is CCN(Cc1ccc(OC)c(F)c1)C(=O)CSc1nnc(NCc2ccc(F)cc2)s1. The van der Waals surface area contributed by atoms with Crippen LogP contribution in [0.3, 0.4) is 0 Å². The lowest BCUT2D eigenvalue weighted by Crippen LogP contribution is -2.31. The number of benzene rings is 2. The van der Waals surface area contributed by atoms with E-state index >= 15 is 0 Å². The van der Waals surface area contributed by atoms with Crippen LogP contribution in [-0.4, -0.2) is 40.4 Å². The number of hydrogen-bond donors (Lipinski definition) is 1. The molecule has 1 N–H and O–H groups in total. The zero-order chi connectivity index (χ0) is 22.2. The van der Waals surface area contributed by atoms with Gasteiger partial charge in [-0.25, -0.2) is 8.78 Å². The molecule has 2 aromatic carbocycles. The van der Waals surface area contributed by atoms with E-state index in [0.717, 1.165) is 5.56 Å². The van der Waals surface area contributed by atoms with Crippen molar-refractivity contribution in [2.24, 2.45) is 0 Å². The lowest BCUT2D eigenvalue weighted by molar-refractivity contribution is -0.128. The number of carbonyl (C=O) groups excluding carboxylic acids is 1. The minimum atomic E-state index is -0.451. The van der Waals surface area contributed by atoms with Crippen LogP contribution in [0.2, 0.25) is 0 Å². The van der Waals surface area contributed by atoms with Gasteiger partial charge in [-0.1, -0.05) is 41.3 Å². The molecule has 1 aromatic heterocycles. The molecule has 31 heavy (non-hydrogen) atoms. The lowest BCUT2D eigenvalue weighted by atomic mass is 10.2. The summed E-state index contributed by atoms with van der Waals surface area (Å²) in [5.74, 6) is -0.416. The Labute approximate surface area is 187 Å². The Balaban J connectivity index is 1.49. The Hall–Kier alpha value is -2.72. The van der Waals surface area contributed by atoms with E-state index in [4.69, 9.17) is 4.74 Å². The van der Waals surface area contributed by atoms with Crippen molar-refractivity contribution in [2.75, 3.05) is 24.7 Å². The predicted octanol–water partition coefficient (Wildman–Crippen LogP) is 4.58. The maximum Gasteiger partial charge on any atom is 0.233 e. The summed E-state index contributed by atoms with van der Waals surface area (Å²) in [6.45, 7) is 3.20. The fraction of sp³-hybridized carbons (Fsp3) is 0.286. The smallest absolute Gasteiger partial charge is 0.233 e. The number of thioether (sulfide) groups is 1. The van der Waals surface area contributed by atoms with Gasteiger partial charge in [0.1, 0.15) is 5.82 Å².